The molecule has 0 atom stereocenters. The van der Waals surface area contributed by atoms with Crippen LogP contribution < -0.4 is 20.0 Å². The Labute approximate surface area is 251 Å². The summed E-state index contributed by atoms with van der Waals surface area (Å²) in [5, 5.41) is 31.4. The van der Waals surface area contributed by atoms with Crippen LogP contribution in [0.4, 0.5) is 23.1 Å². The number of carboxylic acids is 1. The number of phenols is 1. The molecule has 4 fully saturated rings. The number of para-hydroxylation sites is 1. The van der Waals surface area contributed by atoms with Crippen molar-refractivity contribution in [2.24, 2.45) is 11.3 Å². The van der Waals surface area contributed by atoms with Gasteiger partial charge in [0.2, 0.25) is 0 Å². The quantitative estimate of drug-likeness (QED) is 0.376. The molecular weight excluding hydrogens is 546 g/mol. The van der Waals surface area contributed by atoms with Gasteiger partial charge in [-0.1, -0.05) is 12.1 Å². The molecular formula is C31H39N9O3. The van der Waals surface area contributed by atoms with Gasteiger partial charge in [-0.3, -0.25) is 9.69 Å². The molecule has 0 bridgehead atoms. The lowest BCUT2D eigenvalue weighted by Gasteiger charge is -2.58. The third kappa shape index (κ3) is 5.28. The molecule has 1 aromatic carbocycles. The van der Waals surface area contributed by atoms with E-state index in [2.05, 4.69) is 35.1 Å². The number of piperazine rings is 1. The molecule has 12 nitrogen and oxygen atoms in total. The van der Waals surface area contributed by atoms with Crippen LogP contribution >= 0.6 is 0 Å². The van der Waals surface area contributed by atoms with E-state index in [1.807, 2.05) is 37.6 Å². The summed E-state index contributed by atoms with van der Waals surface area (Å²) in [6.07, 6.45) is 7.53. The molecule has 0 radical (unpaired) electrons. The molecule has 4 aliphatic rings. The van der Waals surface area contributed by atoms with Gasteiger partial charge in [-0.15, -0.1) is 10.2 Å². The van der Waals surface area contributed by atoms with Crippen molar-refractivity contribution in [3.63, 3.8) is 0 Å². The van der Waals surface area contributed by atoms with E-state index in [9.17, 15) is 15.0 Å². The molecule has 3 N–H and O–H groups in total. The first-order chi connectivity index (χ1) is 20.9. The minimum atomic E-state index is -0.662. The predicted molar refractivity (Wildman–Crippen MR) is 165 cm³/mol. The molecule has 43 heavy (non-hydrogen) atoms. The number of hydrogen-bond donors (Lipinski definition) is 3. The van der Waals surface area contributed by atoms with Crippen LogP contribution in [-0.2, 0) is 4.79 Å². The molecule has 3 aromatic rings. The zero-order chi connectivity index (χ0) is 29.6. The molecule has 1 spiro atoms. The number of aliphatic carboxylic acids is 1. The van der Waals surface area contributed by atoms with Crippen molar-refractivity contribution >= 4 is 29.1 Å². The van der Waals surface area contributed by atoms with Gasteiger partial charge in [0.25, 0.3) is 0 Å². The van der Waals surface area contributed by atoms with E-state index in [0.29, 0.717) is 17.3 Å². The van der Waals surface area contributed by atoms with Gasteiger partial charge >= 0.3 is 5.97 Å². The number of hydrogen-bond acceptors (Lipinski definition) is 11. The van der Waals surface area contributed by atoms with E-state index >= 15 is 0 Å². The second-order valence-electron chi connectivity index (χ2n) is 12.5. The van der Waals surface area contributed by atoms with Crippen molar-refractivity contribution < 1.29 is 15.0 Å². The van der Waals surface area contributed by atoms with E-state index in [1.165, 1.54) is 0 Å². The second kappa shape index (κ2) is 11.1. The highest BCUT2D eigenvalue weighted by Gasteiger charge is 2.54. The van der Waals surface area contributed by atoms with Crippen LogP contribution in [0.15, 0.2) is 42.7 Å². The number of carboxylic acid groups (broad SMARTS) is 1. The molecule has 226 valence electrons. The molecule has 0 amide bonds. The summed E-state index contributed by atoms with van der Waals surface area (Å²) in [6.45, 7) is 7.48. The van der Waals surface area contributed by atoms with E-state index in [1.54, 1.807) is 12.1 Å². The van der Waals surface area contributed by atoms with E-state index in [-0.39, 0.29) is 17.1 Å². The highest BCUT2D eigenvalue weighted by molar-refractivity contribution is 5.75. The van der Waals surface area contributed by atoms with Gasteiger partial charge < -0.3 is 30.2 Å². The lowest BCUT2D eigenvalue weighted by Crippen LogP contribution is -2.63. The van der Waals surface area contributed by atoms with Gasteiger partial charge in [-0.2, -0.15) is 0 Å². The molecule has 1 saturated carbocycles. The van der Waals surface area contributed by atoms with Gasteiger partial charge in [0.15, 0.2) is 5.82 Å². The fourth-order valence-electron chi connectivity index (χ4n) is 7.40. The minimum Gasteiger partial charge on any atom is -0.507 e. The Hall–Kier alpha value is -4.19. The van der Waals surface area contributed by atoms with Gasteiger partial charge in [0, 0.05) is 76.4 Å². The maximum atomic E-state index is 11.1. The van der Waals surface area contributed by atoms with Crippen molar-refractivity contribution in [3.05, 3.63) is 42.7 Å². The number of phenolic OH excluding ortho intramolecular Hbond substituents is 1. The molecule has 5 heterocycles. The van der Waals surface area contributed by atoms with E-state index in [4.69, 9.17) is 9.97 Å². The SMILES string of the molecule is CNc1nnc(-c2ccccc2O)cc1N1CCN(C2CCN(c3cnc(N4CC5(CC(C(=O)O)C5)C4)cn3)CC2)CC1. The van der Waals surface area contributed by atoms with Crippen molar-refractivity contribution in [3.8, 4) is 17.0 Å². The number of piperidine rings is 1. The van der Waals surface area contributed by atoms with Crippen LogP contribution in [-0.4, -0.2) is 107 Å². The number of benzene rings is 1. The topological polar surface area (TPSA) is 134 Å². The fraction of sp³-hybridized carbons (Fsp3) is 0.516. The Morgan fingerprint density at radius 1 is 0.907 bits per heavy atom. The van der Waals surface area contributed by atoms with Crippen molar-refractivity contribution in [2.75, 3.05) is 79.4 Å². The van der Waals surface area contributed by atoms with Crippen LogP contribution in [0, 0.1) is 11.3 Å². The molecule has 2 aromatic heterocycles. The Kier molecular flexibility index (Phi) is 7.16. The smallest absolute Gasteiger partial charge is 0.306 e. The Morgan fingerprint density at radius 2 is 1.58 bits per heavy atom. The van der Waals surface area contributed by atoms with Gasteiger partial charge in [0.1, 0.15) is 17.4 Å². The monoisotopic (exact) mass is 585 g/mol. The van der Waals surface area contributed by atoms with Crippen LogP contribution in [0.3, 0.4) is 0 Å². The van der Waals surface area contributed by atoms with Gasteiger partial charge in [-0.05, 0) is 43.9 Å². The maximum Gasteiger partial charge on any atom is 0.306 e. The van der Waals surface area contributed by atoms with E-state index in [0.717, 1.165) is 101 Å². The fourth-order valence-corrected chi connectivity index (χ4v) is 7.40. The zero-order valence-electron chi connectivity index (χ0n) is 24.6. The number of nitrogens with one attached hydrogen (secondary N) is 1. The predicted octanol–water partition coefficient (Wildman–Crippen LogP) is 2.77. The van der Waals surface area contributed by atoms with Crippen molar-refractivity contribution in [1.82, 2.24) is 25.1 Å². The van der Waals surface area contributed by atoms with Gasteiger partial charge in [-0.25, -0.2) is 9.97 Å². The molecule has 3 aliphatic heterocycles. The third-order valence-corrected chi connectivity index (χ3v) is 9.86. The van der Waals surface area contributed by atoms with E-state index < -0.39 is 5.97 Å². The maximum absolute atomic E-state index is 11.1. The number of nitrogens with zero attached hydrogens (tertiary/aromatic N) is 8. The second-order valence-corrected chi connectivity index (χ2v) is 12.5. The number of carbonyl (C=O) groups is 1. The first-order valence-electron chi connectivity index (χ1n) is 15.3. The molecule has 7 rings (SSSR count). The number of aromatic nitrogens is 4. The van der Waals surface area contributed by atoms with Crippen LogP contribution in [0.25, 0.3) is 11.3 Å². The number of anilines is 4. The molecule has 1 aliphatic carbocycles. The number of rotatable bonds is 7. The summed E-state index contributed by atoms with van der Waals surface area (Å²) in [5.41, 5.74) is 2.54. The lowest BCUT2D eigenvalue weighted by molar-refractivity contribution is -0.151. The summed E-state index contributed by atoms with van der Waals surface area (Å²) in [5.74, 6) is 1.94. The lowest BCUT2D eigenvalue weighted by atomic mass is 9.58. The first-order valence-corrected chi connectivity index (χ1v) is 15.3. The van der Waals surface area contributed by atoms with Gasteiger partial charge in [0.05, 0.1) is 29.7 Å². The van der Waals surface area contributed by atoms with Crippen molar-refractivity contribution in [2.45, 2.75) is 31.7 Å². The normalized spacial score (nSPS) is 21.0. The first kappa shape index (κ1) is 27.6. The van der Waals surface area contributed by atoms with Crippen molar-refractivity contribution in [1.29, 1.82) is 0 Å². The van der Waals surface area contributed by atoms with Crippen LogP contribution in [0.2, 0.25) is 0 Å². The molecule has 3 saturated heterocycles. The summed E-state index contributed by atoms with van der Waals surface area (Å²) in [4.78, 5) is 30.1. The average Bonchev–Trinajstić information content (AvgIpc) is 3.00. The summed E-state index contributed by atoms with van der Waals surface area (Å²) >= 11 is 0. The summed E-state index contributed by atoms with van der Waals surface area (Å²) < 4.78 is 0. The Balaban J connectivity index is 0.905. The Bertz CT molecular complexity index is 1460. The molecule has 12 heteroatoms. The largest absolute Gasteiger partial charge is 0.507 e. The minimum absolute atomic E-state index is 0.170. The van der Waals surface area contributed by atoms with Crippen LogP contribution in [0.1, 0.15) is 25.7 Å². The summed E-state index contributed by atoms with van der Waals surface area (Å²) in [6, 6.07) is 9.81. The van der Waals surface area contributed by atoms with Crippen LogP contribution in [0.5, 0.6) is 5.75 Å². The summed E-state index contributed by atoms with van der Waals surface area (Å²) in [7, 11) is 1.86. The average molecular weight is 586 g/mol. The zero-order valence-corrected chi connectivity index (χ0v) is 24.6. The standard InChI is InChI=1S/C31H39N9O3/c1-32-29-25(14-24(35-36-29)23-4-2-3-5-26(23)41)38-12-10-37(11-13-38)22-6-8-39(9-7-22)27-17-34-28(18-33-27)40-19-31(20-40)15-21(16-31)30(42)43/h2-5,14,17-18,21-22,41H,6-13,15-16,19-20H2,1H3,(H,32,36)(H,42,43). The molecule has 0 unspecified atom stereocenters. The third-order valence-electron chi connectivity index (χ3n) is 9.86. The Morgan fingerprint density at radius 3 is 2.21 bits per heavy atom. The number of aromatic hydroxyl groups is 1. The highest BCUT2D eigenvalue weighted by Crippen LogP contribution is 2.52. The highest BCUT2D eigenvalue weighted by atomic mass is 16.4.